The number of nitrogens with zero attached hydrogens (tertiary/aromatic N) is 4. The van der Waals surface area contributed by atoms with E-state index in [4.69, 9.17) is 0 Å². The van der Waals surface area contributed by atoms with Gasteiger partial charge >= 0.3 is 0 Å². The third kappa shape index (κ3) is 1.14. The van der Waals surface area contributed by atoms with Gasteiger partial charge in [0, 0.05) is 6.54 Å². The highest BCUT2D eigenvalue weighted by molar-refractivity contribution is 5.26. The van der Waals surface area contributed by atoms with Gasteiger partial charge in [0.25, 0.3) is 5.78 Å². The molecule has 0 amide bonds. The van der Waals surface area contributed by atoms with Crippen LogP contribution >= 0.6 is 0 Å². The first kappa shape index (κ1) is 7.17. The van der Waals surface area contributed by atoms with Crippen molar-refractivity contribution in [3.8, 4) is 0 Å². The Balaban J connectivity index is 2.47. The maximum absolute atomic E-state index is 4.23. The molecule has 0 saturated heterocycles. The van der Waals surface area contributed by atoms with Gasteiger partial charge in [-0.1, -0.05) is 0 Å². The summed E-state index contributed by atoms with van der Waals surface area (Å²) in [5.74, 6) is 0.641. The molecule has 0 unspecified atom stereocenters. The summed E-state index contributed by atoms with van der Waals surface area (Å²) in [4.78, 5) is 8.27. The van der Waals surface area contributed by atoms with Crippen LogP contribution in [0.5, 0.6) is 0 Å². The van der Waals surface area contributed by atoms with Crippen LogP contribution in [0.4, 0.5) is 0 Å². The van der Waals surface area contributed by atoms with Crippen LogP contribution in [-0.4, -0.2) is 26.6 Å². The minimum absolute atomic E-state index is 0.641. The molecule has 5 nitrogen and oxygen atoms in total. The predicted molar refractivity (Wildman–Crippen MR) is 43.5 cm³/mol. The minimum atomic E-state index is 0.641. The minimum Gasteiger partial charge on any atom is -0.314 e. The number of hydrogen-bond donors (Lipinski definition) is 1. The number of fused-ring (bicyclic) bond motifs is 1. The summed E-state index contributed by atoms with van der Waals surface area (Å²) in [5.41, 5.74) is 0.948. The van der Waals surface area contributed by atoms with Crippen molar-refractivity contribution in [3.05, 3.63) is 24.3 Å². The van der Waals surface area contributed by atoms with Gasteiger partial charge in [0.1, 0.15) is 0 Å². The van der Waals surface area contributed by atoms with Crippen molar-refractivity contribution in [2.45, 2.75) is 6.54 Å². The summed E-state index contributed by atoms with van der Waals surface area (Å²) in [5, 5.41) is 7.06. The van der Waals surface area contributed by atoms with Crippen molar-refractivity contribution in [1.29, 1.82) is 0 Å². The van der Waals surface area contributed by atoms with Crippen molar-refractivity contribution >= 4 is 5.78 Å². The second kappa shape index (κ2) is 2.86. The zero-order valence-corrected chi connectivity index (χ0v) is 6.73. The number of imidazole rings is 1. The first-order valence-corrected chi connectivity index (χ1v) is 3.70. The van der Waals surface area contributed by atoms with E-state index in [9.17, 15) is 0 Å². The van der Waals surface area contributed by atoms with Gasteiger partial charge in [-0.05, 0) is 7.05 Å². The lowest BCUT2D eigenvalue weighted by Gasteiger charge is -1.88. The Bertz CT molecular complexity index is 347. The second-order valence-electron chi connectivity index (χ2n) is 2.45. The van der Waals surface area contributed by atoms with E-state index in [1.807, 2.05) is 13.2 Å². The molecular weight excluding hydrogens is 154 g/mol. The molecule has 0 aromatic carbocycles. The molecule has 2 heterocycles. The standard InChI is InChI=1S/C7H9N5/c1-8-4-6-5-12-7(11-6)9-2-3-10-12/h2-3,5,8H,4H2,1H3. The van der Waals surface area contributed by atoms with Crippen LogP contribution in [0.1, 0.15) is 5.69 Å². The molecule has 0 aliphatic carbocycles. The molecule has 62 valence electrons. The first-order chi connectivity index (χ1) is 5.90. The average molecular weight is 163 g/mol. The van der Waals surface area contributed by atoms with Crippen LogP contribution < -0.4 is 5.32 Å². The molecule has 5 heteroatoms. The zero-order valence-electron chi connectivity index (χ0n) is 6.73. The van der Waals surface area contributed by atoms with E-state index in [1.165, 1.54) is 0 Å². The van der Waals surface area contributed by atoms with E-state index >= 15 is 0 Å². The quantitative estimate of drug-likeness (QED) is 0.668. The van der Waals surface area contributed by atoms with E-state index in [0.717, 1.165) is 12.2 Å². The molecule has 2 rings (SSSR count). The van der Waals surface area contributed by atoms with Gasteiger partial charge in [0.2, 0.25) is 0 Å². The molecular formula is C7H9N5. The molecule has 0 bridgehead atoms. The van der Waals surface area contributed by atoms with Crippen molar-refractivity contribution in [2.75, 3.05) is 7.05 Å². The van der Waals surface area contributed by atoms with Gasteiger partial charge in [-0.3, -0.25) is 0 Å². The van der Waals surface area contributed by atoms with E-state index in [1.54, 1.807) is 16.9 Å². The Morgan fingerprint density at radius 3 is 3.17 bits per heavy atom. The summed E-state index contributed by atoms with van der Waals surface area (Å²) >= 11 is 0. The molecule has 0 atom stereocenters. The Morgan fingerprint density at radius 1 is 1.50 bits per heavy atom. The molecule has 0 saturated carbocycles. The monoisotopic (exact) mass is 163 g/mol. The van der Waals surface area contributed by atoms with Gasteiger partial charge in [0.15, 0.2) is 0 Å². The highest BCUT2D eigenvalue weighted by Crippen LogP contribution is 1.98. The van der Waals surface area contributed by atoms with Crippen LogP contribution in [0.3, 0.4) is 0 Å². The first-order valence-electron chi connectivity index (χ1n) is 3.70. The maximum atomic E-state index is 4.23. The lowest BCUT2D eigenvalue weighted by atomic mass is 10.5. The van der Waals surface area contributed by atoms with Crippen LogP contribution in [0.15, 0.2) is 18.6 Å². The maximum Gasteiger partial charge on any atom is 0.250 e. The van der Waals surface area contributed by atoms with Crippen molar-refractivity contribution in [2.24, 2.45) is 0 Å². The number of aromatic nitrogens is 4. The fraction of sp³-hybridized carbons (Fsp3) is 0.286. The van der Waals surface area contributed by atoms with Gasteiger partial charge in [0.05, 0.1) is 24.3 Å². The Morgan fingerprint density at radius 2 is 2.42 bits per heavy atom. The number of rotatable bonds is 2. The largest absolute Gasteiger partial charge is 0.314 e. The third-order valence-electron chi connectivity index (χ3n) is 1.53. The number of nitrogens with one attached hydrogen (secondary N) is 1. The Hall–Kier alpha value is -1.49. The second-order valence-corrected chi connectivity index (χ2v) is 2.45. The lowest BCUT2D eigenvalue weighted by Crippen LogP contribution is -2.04. The van der Waals surface area contributed by atoms with E-state index in [-0.39, 0.29) is 0 Å². The molecule has 12 heavy (non-hydrogen) atoms. The van der Waals surface area contributed by atoms with Crippen molar-refractivity contribution < 1.29 is 0 Å². The van der Waals surface area contributed by atoms with Gasteiger partial charge in [-0.2, -0.15) is 5.10 Å². The van der Waals surface area contributed by atoms with Crippen molar-refractivity contribution in [1.82, 2.24) is 24.9 Å². The van der Waals surface area contributed by atoms with E-state index < -0.39 is 0 Å². The molecule has 2 aromatic rings. The topological polar surface area (TPSA) is 55.1 Å². The summed E-state index contributed by atoms with van der Waals surface area (Å²) in [6.45, 7) is 0.741. The predicted octanol–water partition coefficient (Wildman–Crippen LogP) is -0.156. The number of hydrogen-bond acceptors (Lipinski definition) is 4. The summed E-state index contributed by atoms with van der Waals surface area (Å²) < 4.78 is 1.66. The summed E-state index contributed by atoms with van der Waals surface area (Å²) in [6, 6.07) is 0. The zero-order chi connectivity index (χ0) is 8.39. The van der Waals surface area contributed by atoms with E-state index in [0.29, 0.717) is 5.78 Å². The van der Waals surface area contributed by atoms with Gasteiger partial charge < -0.3 is 5.32 Å². The fourth-order valence-electron chi connectivity index (χ4n) is 1.05. The highest BCUT2D eigenvalue weighted by atomic mass is 15.3. The Labute approximate surface area is 69.5 Å². The molecule has 0 aliphatic heterocycles. The van der Waals surface area contributed by atoms with Crippen molar-refractivity contribution in [3.63, 3.8) is 0 Å². The molecule has 0 fully saturated rings. The summed E-state index contributed by atoms with van der Waals surface area (Å²) in [7, 11) is 1.88. The Kier molecular flexibility index (Phi) is 1.71. The smallest absolute Gasteiger partial charge is 0.250 e. The van der Waals surface area contributed by atoms with Gasteiger partial charge in [-0.15, -0.1) is 0 Å². The summed E-state index contributed by atoms with van der Waals surface area (Å²) in [6.07, 6.45) is 5.13. The molecule has 0 aliphatic rings. The normalized spacial score (nSPS) is 10.8. The molecule has 1 N–H and O–H groups in total. The molecule has 0 spiro atoms. The highest BCUT2D eigenvalue weighted by Gasteiger charge is 1.99. The van der Waals surface area contributed by atoms with Crippen LogP contribution in [-0.2, 0) is 6.54 Å². The average Bonchev–Trinajstić information content (AvgIpc) is 2.47. The van der Waals surface area contributed by atoms with Crippen LogP contribution in [0, 0.1) is 0 Å². The third-order valence-corrected chi connectivity index (χ3v) is 1.53. The van der Waals surface area contributed by atoms with Gasteiger partial charge in [-0.25, -0.2) is 14.5 Å². The lowest BCUT2D eigenvalue weighted by molar-refractivity contribution is 0.796. The van der Waals surface area contributed by atoms with E-state index in [2.05, 4.69) is 20.4 Å². The fourth-order valence-corrected chi connectivity index (χ4v) is 1.05. The molecule has 0 radical (unpaired) electrons. The molecule has 2 aromatic heterocycles. The van der Waals surface area contributed by atoms with Crippen LogP contribution in [0.25, 0.3) is 5.78 Å². The SMILES string of the molecule is CNCc1cn2nccnc2n1. The van der Waals surface area contributed by atoms with Crippen LogP contribution in [0.2, 0.25) is 0 Å².